The van der Waals surface area contributed by atoms with Crippen LogP contribution in [0.3, 0.4) is 0 Å². The maximum atomic E-state index is 12.6. The van der Waals surface area contributed by atoms with Gasteiger partial charge in [-0.3, -0.25) is 4.79 Å². The minimum absolute atomic E-state index is 0.0231. The first kappa shape index (κ1) is 16.6. The number of ketones is 1. The molecule has 2 saturated carbocycles. The lowest BCUT2D eigenvalue weighted by Crippen LogP contribution is -2.12. The number of hydrogen-bond acceptors (Lipinski definition) is 4. The van der Waals surface area contributed by atoms with Gasteiger partial charge in [0.2, 0.25) is 5.82 Å². The molecule has 2 aliphatic rings. The summed E-state index contributed by atoms with van der Waals surface area (Å²) in [6, 6.07) is 4.41. The molecule has 0 bridgehead atoms. The summed E-state index contributed by atoms with van der Waals surface area (Å²) in [5.41, 5.74) is 0.815. The Morgan fingerprint density at radius 2 is 2.04 bits per heavy atom. The maximum absolute atomic E-state index is 12.6. The highest BCUT2D eigenvalue weighted by atomic mass is 35.5. The standard InChI is InChI=1S/C17H14ClF3N2O2/c18-12-7-9(14-22-15(25-23-14)17(19,20)21)1-4-11(12)13(24)8-16(5-6-16)10-2-3-10/h1,4,7,10H,2-3,5-6,8H2. The van der Waals surface area contributed by atoms with E-state index in [4.69, 9.17) is 11.6 Å². The first-order chi connectivity index (χ1) is 11.8. The Bertz CT molecular complexity index is 839. The van der Waals surface area contributed by atoms with Crippen molar-refractivity contribution < 1.29 is 22.5 Å². The molecule has 0 atom stereocenters. The van der Waals surface area contributed by atoms with Crippen LogP contribution in [0.5, 0.6) is 0 Å². The number of hydrogen-bond donors (Lipinski definition) is 0. The van der Waals surface area contributed by atoms with Gasteiger partial charge in [0.25, 0.3) is 0 Å². The number of alkyl halides is 3. The number of carbonyl (C=O) groups is 1. The summed E-state index contributed by atoms with van der Waals surface area (Å²) < 4.78 is 41.8. The van der Waals surface area contributed by atoms with E-state index in [1.54, 1.807) is 0 Å². The van der Waals surface area contributed by atoms with Gasteiger partial charge in [-0.15, -0.1) is 0 Å². The van der Waals surface area contributed by atoms with Crippen LogP contribution in [-0.4, -0.2) is 15.9 Å². The van der Waals surface area contributed by atoms with Crippen molar-refractivity contribution >= 4 is 17.4 Å². The normalized spacial score (nSPS) is 19.0. The highest BCUT2D eigenvalue weighted by molar-refractivity contribution is 6.34. The molecule has 2 aliphatic carbocycles. The molecule has 4 rings (SSSR count). The summed E-state index contributed by atoms with van der Waals surface area (Å²) in [5.74, 6) is -0.997. The van der Waals surface area contributed by atoms with Crippen molar-refractivity contribution in [2.24, 2.45) is 11.3 Å². The summed E-state index contributed by atoms with van der Waals surface area (Å²) in [4.78, 5) is 15.9. The van der Waals surface area contributed by atoms with Gasteiger partial charge in [-0.2, -0.15) is 18.2 Å². The third kappa shape index (κ3) is 3.17. The third-order valence-electron chi connectivity index (χ3n) is 5.04. The van der Waals surface area contributed by atoms with E-state index >= 15 is 0 Å². The van der Waals surface area contributed by atoms with E-state index in [0.717, 1.165) is 12.8 Å². The molecule has 2 fully saturated rings. The SMILES string of the molecule is O=C(CC1(C2CC2)CC1)c1ccc(-c2noc(C(F)(F)F)n2)cc1Cl. The molecule has 2 aromatic rings. The lowest BCUT2D eigenvalue weighted by Gasteiger charge is -2.13. The van der Waals surface area contributed by atoms with Crippen LogP contribution in [0.4, 0.5) is 13.2 Å². The Hall–Kier alpha value is -1.89. The molecule has 0 unspecified atom stereocenters. The molecule has 0 N–H and O–H groups in total. The number of carbonyl (C=O) groups excluding carboxylic acids is 1. The minimum atomic E-state index is -4.70. The van der Waals surface area contributed by atoms with Gasteiger partial charge >= 0.3 is 12.1 Å². The summed E-state index contributed by atoms with van der Waals surface area (Å²) in [6.07, 6.45) is 0.340. The van der Waals surface area contributed by atoms with Gasteiger partial charge in [0.15, 0.2) is 5.78 Å². The van der Waals surface area contributed by atoms with Crippen molar-refractivity contribution in [3.05, 3.63) is 34.7 Å². The minimum Gasteiger partial charge on any atom is -0.329 e. The van der Waals surface area contributed by atoms with Crippen LogP contribution in [-0.2, 0) is 6.18 Å². The predicted octanol–water partition coefficient (Wildman–Crippen LogP) is 5.17. The number of aromatic nitrogens is 2. The third-order valence-corrected chi connectivity index (χ3v) is 5.36. The maximum Gasteiger partial charge on any atom is 0.471 e. The first-order valence-electron chi connectivity index (χ1n) is 8.02. The van der Waals surface area contributed by atoms with Gasteiger partial charge in [-0.25, -0.2) is 0 Å². The zero-order valence-corrected chi connectivity index (χ0v) is 13.8. The summed E-state index contributed by atoms with van der Waals surface area (Å²) in [7, 11) is 0. The average Bonchev–Trinajstić information content (AvgIpc) is 3.45. The summed E-state index contributed by atoms with van der Waals surface area (Å²) in [6.45, 7) is 0. The van der Waals surface area contributed by atoms with E-state index in [9.17, 15) is 18.0 Å². The number of halogens is 4. The van der Waals surface area contributed by atoms with Crippen molar-refractivity contribution in [3.8, 4) is 11.4 Å². The zero-order chi connectivity index (χ0) is 17.8. The van der Waals surface area contributed by atoms with Crippen LogP contribution in [0.15, 0.2) is 22.7 Å². The van der Waals surface area contributed by atoms with Crippen molar-refractivity contribution in [2.75, 3.05) is 0 Å². The quantitative estimate of drug-likeness (QED) is 0.681. The molecule has 0 aliphatic heterocycles. The molecular formula is C17H14ClF3N2O2. The van der Waals surface area contributed by atoms with E-state index < -0.39 is 12.1 Å². The zero-order valence-electron chi connectivity index (χ0n) is 13.1. The Kier molecular flexibility index (Phi) is 3.68. The van der Waals surface area contributed by atoms with Crippen LogP contribution in [0.2, 0.25) is 5.02 Å². The smallest absolute Gasteiger partial charge is 0.329 e. The average molecular weight is 371 g/mol. The topological polar surface area (TPSA) is 56.0 Å². The van der Waals surface area contributed by atoms with Crippen LogP contribution < -0.4 is 0 Å². The van der Waals surface area contributed by atoms with E-state index in [0.29, 0.717) is 17.9 Å². The lowest BCUT2D eigenvalue weighted by atomic mass is 9.91. The molecular weight excluding hydrogens is 357 g/mol. The second-order valence-electron chi connectivity index (χ2n) is 6.85. The number of nitrogens with zero attached hydrogens (tertiary/aromatic N) is 2. The van der Waals surface area contributed by atoms with Crippen LogP contribution in [0.25, 0.3) is 11.4 Å². The molecule has 4 nitrogen and oxygen atoms in total. The fourth-order valence-corrected chi connectivity index (χ4v) is 3.62. The van der Waals surface area contributed by atoms with Crippen LogP contribution in [0, 0.1) is 11.3 Å². The molecule has 25 heavy (non-hydrogen) atoms. The Morgan fingerprint density at radius 1 is 1.32 bits per heavy atom. The fraction of sp³-hybridized carbons (Fsp3) is 0.471. The highest BCUT2D eigenvalue weighted by Crippen LogP contribution is 2.63. The van der Waals surface area contributed by atoms with Gasteiger partial charge in [-0.05, 0) is 49.1 Å². The molecule has 132 valence electrons. The number of benzene rings is 1. The molecule has 1 aromatic carbocycles. The van der Waals surface area contributed by atoms with Gasteiger partial charge in [-0.1, -0.05) is 22.8 Å². The molecule has 0 saturated heterocycles. The molecule has 8 heteroatoms. The van der Waals surface area contributed by atoms with Crippen molar-refractivity contribution in [1.29, 1.82) is 0 Å². The van der Waals surface area contributed by atoms with Gasteiger partial charge < -0.3 is 4.52 Å². The second kappa shape index (κ2) is 5.56. The summed E-state index contributed by atoms with van der Waals surface area (Å²) in [5, 5.41) is 3.51. The second-order valence-corrected chi connectivity index (χ2v) is 7.26. The van der Waals surface area contributed by atoms with Gasteiger partial charge in [0.1, 0.15) is 0 Å². The highest BCUT2D eigenvalue weighted by Gasteiger charge is 2.54. The fourth-order valence-electron chi connectivity index (χ4n) is 3.34. The number of Topliss-reactive ketones (excluding diaryl/α,β-unsaturated/α-hetero) is 1. The van der Waals surface area contributed by atoms with E-state index in [-0.39, 0.29) is 27.6 Å². The van der Waals surface area contributed by atoms with Crippen molar-refractivity contribution in [1.82, 2.24) is 10.1 Å². The monoisotopic (exact) mass is 370 g/mol. The molecule has 0 amide bonds. The Balaban J connectivity index is 1.54. The summed E-state index contributed by atoms with van der Waals surface area (Å²) >= 11 is 6.19. The molecule has 1 aromatic heterocycles. The van der Waals surface area contributed by atoms with Crippen LogP contribution in [0.1, 0.15) is 48.4 Å². The molecule has 0 radical (unpaired) electrons. The Morgan fingerprint density at radius 3 is 2.56 bits per heavy atom. The van der Waals surface area contributed by atoms with E-state index in [2.05, 4.69) is 14.7 Å². The predicted molar refractivity (Wildman–Crippen MR) is 83.1 cm³/mol. The molecule has 0 spiro atoms. The number of rotatable bonds is 5. The van der Waals surface area contributed by atoms with Gasteiger partial charge in [0.05, 0.1) is 5.02 Å². The van der Waals surface area contributed by atoms with Gasteiger partial charge in [0, 0.05) is 17.5 Å². The van der Waals surface area contributed by atoms with Crippen LogP contribution >= 0.6 is 11.6 Å². The van der Waals surface area contributed by atoms with E-state index in [1.165, 1.54) is 31.0 Å². The van der Waals surface area contributed by atoms with Crippen molar-refractivity contribution in [2.45, 2.75) is 38.3 Å². The Labute approximate surface area is 146 Å². The first-order valence-corrected chi connectivity index (χ1v) is 8.40. The largest absolute Gasteiger partial charge is 0.471 e. The lowest BCUT2D eigenvalue weighted by molar-refractivity contribution is -0.159. The molecule has 1 heterocycles. The van der Waals surface area contributed by atoms with Crippen molar-refractivity contribution in [3.63, 3.8) is 0 Å². The van der Waals surface area contributed by atoms with E-state index in [1.807, 2.05) is 0 Å².